The van der Waals surface area contributed by atoms with Crippen LogP contribution >= 0.6 is 11.3 Å². The molecule has 0 saturated carbocycles. The predicted octanol–water partition coefficient (Wildman–Crippen LogP) is 1.90. The number of aromatic nitrogens is 1. The monoisotopic (exact) mass is 424 g/mol. The summed E-state index contributed by atoms with van der Waals surface area (Å²) in [5.41, 5.74) is 0.692. The second-order valence-corrected chi connectivity index (χ2v) is 9.59. The highest BCUT2D eigenvalue weighted by molar-refractivity contribution is 7.88. The van der Waals surface area contributed by atoms with Gasteiger partial charge in [0.2, 0.25) is 10.0 Å². The van der Waals surface area contributed by atoms with E-state index in [-0.39, 0.29) is 18.1 Å². The van der Waals surface area contributed by atoms with Gasteiger partial charge in [-0.15, -0.1) is 6.58 Å². The molecule has 3 rings (SSSR count). The van der Waals surface area contributed by atoms with Crippen molar-refractivity contribution in [3.8, 4) is 0 Å². The van der Waals surface area contributed by atoms with Crippen LogP contribution in [-0.2, 0) is 21.4 Å². The lowest BCUT2D eigenvalue weighted by molar-refractivity contribution is -0.384. The summed E-state index contributed by atoms with van der Waals surface area (Å²) in [5, 5.41) is 11.0. The number of amides is 1. The molecule has 1 saturated heterocycles. The molecule has 0 spiro atoms. The van der Waals surface area contributed by atoms with Crippen LogP contribution < -0.4 is 4.80 Å². The molecule has 2 aromatic rings. The number of nitro groups is 1. The highest BCUT2D eigenvalue weighted by atomic mass is 32.2. The fourth-order valence-electron chi connectivity index (χ4n) is 3.20. The van der Waals surface area contributed by atoms with Gasteiger partial charge in [-0.1, -0.05) is 17.4 Å². The fraction of sp³-hybridized carbons (Fsp3) is 0.412. The summed E-state index contributed by atoms with van der Waals surface area (Å²) in [7, 11) is -3.36. The van der Waals surface area contributed by atoms with Crippen LogP contribution in [-0.4, -0.2) is 47.5 Å². The minimum Gasteiger partial charge on any atom is -0.312 e. The van der Waals surface area contributed by atoms with Gasteiger partial charge in [-0.05, 0) is 18.9 Å². The quantitative estimate of drug-likeness (QED) is 0.413. The lowest BCUT2D eigenvalue weighted by atomic mass is 9.99. The first kappa shape index (κ1) is 20.4. The summed E-state index contributed by atoms with van der Waals surface area (Å²) >= 11 is 1.19. The zero-order valence-corrected chi connectivity index (χ0v) is 16.9. The minimum absolute atomic E-state index is 0.0338. The smallest absolute Gasteiger partial charge is 0.270 e. The predicted molar refractivity (Wildman–Crippen MR) is 106 cm³/mol. The van der Waals surface area contributed by atoms with E-state index in [1.807, 2.05) is 0 Å². The van der Waals surface area contributed by atoms with Crippen LogP contribution in [0.25, 0.3) is 10.2 Å². The zero-order chi connectivity index (χ0) is 20.5. The van der Waals surface area contributed by atoms with Crippen LogP contribution in [0, 0.1) is 16.0 Å². The van der Waals surface area contributed by atoms with Gasteiger partial charge >= 0.3 is 0 Å². The number of benzene rings is 1. The molecule has 28 heavy (non-hydrogen) atoms. The summed E-state index contributed by atoms with van der Waals surface area (Å²) in [6.07, 6.45) is 3.97. The number of piperidine rings is 1. The highest BCUT2D eigenvalue weighted by Crippen LogP contribution is 2.24. The van der Waals surface area contributed by atoms with Gasteiger partial charge in [0, 0.05) is 31.8 Å². The highest BCUT2D eigenvalue weighted by Gasteiger charge is 2.30. The van der Waals surface area contributed by atoms with E-state index < -0.39 is 20.9 Å². The zero-order valence-electron chi connectivity index (χ0n) is 15.3. The molecule has 0 aliphatic carbocycles. The molecule has 0 radical (unpaired) electrons. The number of thiazole rings is 1. The van der Waals surface area contributed by atoms with Crippen LogP contribution in [0.3, 0.4) is 0 Å². The Bertz CT molecular complexity index is 1120. The number of allylic oxidation sites excluding steroid dienone is 1. The van der Waals surface area contributed by atoms with Crippen molar-refractivity contribution in [1.29, 1.82) is 0 Å². The molecular formula is C17H20N4O5S2. The van der Waals surface area contributed by atoms with Gasteiger partial charge in [-0.2, -0.15) is 4.99 Å². The molecule has 0 bridgehead atoms. The van der Waals surface area contributed by atoms with Crippen molar-refractivity contribution in [1.82, 2.24) is 8.87 Å². The molecule has 1 fully saturated rings. The van der Waals surface area contributed by atoms with Crippen LogP contribution in [0.1, 0.15) is 12.8 Å². The Morgan fingerprint density at radius 2 is 2.25 bits per heavy atom. The van der Waals surface area contributed by atoms with E-state index in [1.54, 1.807) is 16.7 Å². The first-order valence-electron chi connectivity index (χ1n) is 8.63. The van der Waals surface area contributed by atoms with Crippen LogP contribution in [0.4, 0.5) is 5.69 Å². The van der Waals surface area contributed by atoms with E-state index in [2.05, 4.69) is 11.6 Å². The number of hydrogen-bond donors (Lipinski definition) is 0. The fourth-order valence-corrected chi connectivity index (χ4v) is 5.19. The number of carbonyl (C=O) groups excluding carboxylic acids is 1. The average Bonchev–Trinajstić information content (AvgIpc) is 2.98. The topological polar surface area (TPSA) is 115 Å². The minimum atomic E-state index is -3.36. The molecule has 1 amide bonds. The SMILES string of the molecule is C=CCn1c(=NC(=O)C2CCCN(S(C)(=O)=O)C2)sc2cc([N+](=O)[O-])ccc21. The summed E-state index contributed by atoms with van der Waals surface area (Å²) < 4.78 is 27.3. The summed E-state index contributed by atoms with van der Waals surface area (Å²) in [5.74, 6) is -0.882. The van der Waals surface area contributed by atoms with E-state index in [0.29, 0.717) is 35.4 Å². The molecule has 2 heterocycles. The maximum absolute atomic E-state index is 12.7. The summed E-state index contributed by atoms with van der Waals surface area (Å²) in [6, 6.07) is 4.49. The largest absolute Gasteiger partial charge is 0.312 e. The van der Waals surface area contributed by atoms with Crippen molar-refractivity contribution < 1.29 is 18.1 Å². The first-order valence-corrected chi connectivity index (χ1v) is 11.3. The van der Waals surface area contributed by atoms with E-state index in [1.165, 1.54) is 27.8 Å². The van der Waals surface area contributed by atoms with Gasteiger partial charge in [-0.3, -0.25) is 14.9 Å². The molecular weight excluding hydrogens is 404 g/mol. The van der Waals surface area contributed by atoms with Gasteiger partial charge in [0.25, 0.3) is 11.6 Å². The molecule has 1 aromatic carbocycles. The molecule has 9 nitrogen and oxygen atoms in total. The third-order valence-electron chi connectivity index (χ3n) is 4.60. The Labute approximate surface area is 165 Å². The Hall–Kier alpha value is -2.37. The van der Waals surface area contributed by atoms with Crippen LogP contribution in [0.5, 0.6) is 0 Å². The van der Waals surface area contributed by atoms with Crippen molar-refractivity contribution in [3.05, 3.63) is 45.8 Å². The average molecular weight is 425 g/mol. The normalized spacial score (nSPS) is 19.0. The Morgan fingerprint density at radius 1 is 1.50 bits per heavy atom. The molecule has 11 heteroatoms. The van der Waals surface area contributed by atoms with E-state index in [9.17, 15) is 23.3 Å². The first-order chi connectivity index (χ1) is 13.2. The second-order valence-electron chi connectivity index (χ2n) is 6.60. The Morgan fingerprint density at radius 3 is 2.89 bits per heavy atom. The molecule has 1 aromatic heterocycles. The molecule has 1 aliphatic heterocycles. The Kier molecular flexibility index (Phi) is 5.77. The number of fused-ring (bicyclic) bond motifs is 1. The maximum Gasteiger partial charge on any atom is 0.270 e. The van der Waals surface area contributed by atoms with Gasteiger partial charge in [0.05, 0.1) is 27.3 Å². The van der Waals surface area contributed by atoms with Gasteiger partial charge in [-0.25, -0.2) is 12.7 Å². The Balaban J connectivity index is 2.00. The van der Waals surface area contributed by atoms with Crippen molar-refractivity contribution in [2.75, 3.05) is 19.3 Å². The number of hydrogen-bond acceptors (Lipinski definition) is 6. The molecule has 1 atom stereocenters. The molecule has 1 aliphatic rings. The number of nitro benzene ring substituents is 1. The molecule has 150 valence electrons. The number of nitrogens with zero attached hydrogens (tertiary/aromatic N) is 4. The van der Waals surface area contributed by atoms with E-state index >= 15 is 0 Å². The van der Waals surface area contributed by atoms with Crippen molar-refractivity contribution >= 4 is 43.2 Å². The van der Waals surface area contributed by atoms with Gasteiger partial charge in [0.1, 0.15) is 0 Å². The number of rotatable bonds is 5. The van der Waals surface area contributed by atoms with Crippen LogP contribution in [0.15, 0.2) is 35.8 Å². The van der Waals surface area contributed by atoms with Crippen LogP contribution in [0.2, 0.25) is 0 Å². The van der Waals surface area contributed by atoms with E-state index in [4.69, 9.17) is 0 Å². The van der Waals surface area contributed by atoms with Crippen molar-refractivity contribution in [3.63, 3.8) is 0 Å². The third kappa shape index (κ3) is 4.21. The van der Waals surface area contributed by atoms with Gasteiger partial charge in [0.15, 0.2) is 4.80 Å². The number of non-ortho nitro benzene ring substituents is 1. The van der Waals surface area contributed by atoms with E-state index in [0.717, 1.165) is 11.8 Å². The number of carbonyl (C=O) groups is 1. The lowest BCUT2D eigenvalue weighted by Crippen LogP contribution is -2.41. The van der Waals surface area contributed by atoms with Gasteiger partial charge < -0.3 is 4.57 Å². The maximum atomic E-state index is 12.7. The standard InChI is InChI=1S/C17H20N4O5S2/c1-3-8-20-14-7-6-13(21(23)24)10-15(14)27-17(20)18-16(22)12-5-4-9-19(11-12)28(2,25)26/h3,6-7,10,12H,1,4-5,8-9,11H2,2H3. The van der Waals surface area contributed by atoms with Crippen molar-refractivity contribution in [2.24, 2.45) is 10.9 Å². The summed E-state index contributed by atoms with van der Waals surface area (Å²) in [4.78, 5) is 27.9. The van der Waals surface area contributed by atoms with Crippen molar-refractivity contribution in [2.45, 2.75) is 19.4 Å². The number of sulfonamides is 1. The summed E-state index contributed by atoms with van der Waals surface area (Å²) in [6.45, 7) is 4.64. The lowest BCUT2D eigenvalue weighted by Gasteiger charge is -2.28. The molecule has 0 N–H and O–H groups in total. The second kappa shape index (κ2) is 7.94. The molecule has 1 unspecified atom stereocenters. The third-order valence-corrected chi connectivity index (χ3v) is 6.91.